The molecule has 0 saturated carbocycles. The van der Waals surface area contributed by atoms with E-state index in [1.807, 2.05) is 0 Å². The van der Waals surface area contributed by atoms with Crippen molar-refractivity contribution in [2.75, 3.05) is 5.48 Å². The van der Waals surface area contributed by atoms with Gasteiger partial charge in [0.05, 0.1) is 11.9 Å². The average molecular weight is 232 g/mol. The Morgan fingerprint density at radius 2 is 2.27 bits per heavy atom. The van der Waals surface area contributed by atoms with E-state index in [9.17, 15) is 8.78 Å². The quantitative estimate of drug-likeness (QED) is 0.794. The molecular weight excluding hydrogens is 225 g/mol. The predicted molar refractivity (Wildman–Crippen MR) is 54.0 cm³/mol. The van der Waals surface area contributed by atoms with Crippen LogP contribution in [0, 0.1) is 0 Å². The Morgan fingerprint density at radius 1 is 1.47 bits per heavy atom. The minimum atomic E-state index is -3.27. The molecule has 1 N–H and O–H groups in total. The highest BCUT2D eigenvalue weighted by molar-refractivity contribution is 7.17. The fourth-order valence-electron chi connectivity index (χ4n) is 1.12. The van der Waals surface area contributed by atoms with Crippen LogP contribution >= 0.6 is 9.24 Å². The third-order valence-corrected chi connectivity index (χ3v) is 1.79. The van der Waals surface area contributed by atoms with Crippen LogP contribution in [0.5, 0.6) is 5.75 Å². The highest BCUT2D eigenvalue weighted by atomic mass is 31.0. The number of nitrogens with one attached hydrogen (secondary N) is 1. The summed E-state index contributed by atoms with van der Waals surface area (Å²) in [6.07, 6.45) is 1.40. The number of alkyl halides is 2. The number of rotatable bonds is 2. The first-order valence-electron chi connectivity index (χ1n) is 4.00. The van der Waals surface area contributed by atoms with Gasteiger partial charge in [-0.2, -0.15) is 14.3 Å². The maximum absolute atomic E-state index is 12.5. The fourth-order valence-corrected chi connectivity index (χ4v) is 1.26. The molecule has 80 valence electrons. The van der Waals surface area contributed by atoms with Crippen LogP contribution in [0.1, 0.15) is 5.56 Å². The summed E-state index contributed by atoms with van der Waals surface area (Å²) < 4.78 is 29.4. The third-order valence-electron chi connectivity index (χ3n) is 1.68. The molecule has 7 heteroatoms. The molecule has 1 aliphatic rings. The second kappa shape index (κ2) is 3.62. The van der Waals surface area contributed by atoms with Gasteiger partial charge in [-0.25, -0.2) is 0 Å². The van der Waals surface area contributed by atoms with Crippen molar-refractivity contribution >= 4 is 21.1 Å². The summed E-state index contributed by atoms with van der Waals surface area (Å²) in [5.41, 5.74) is 3.77. The lowest BCUT2D eigenvalue weighted by molar-refractivity contribution is -0.0892. The molecule has 1 atom stereocenters. The van der Waals surface area contributed by atoms with Gasteiger partial charge >= 0.3 is 5.85 Å². The molecule has 1 unspecified atom stereocenters. The number of nitrogens with zero attached hydrogens (tertiary/aromatic N) is 1. The molecule has 0 aromatic heterocycles. The molecule has 1 heterocycles. The molecular formula is C8H7F2N2O2P. The minimum absolute atomic E-state index is 0.0592. The van der Waals surface area contributed by atoms with Crippen LogP contribution in [-0.4, -0.2) is 12.1 Å². The Hall–Kier alpha value is -1.42. The monoisotopic (exact) mass is 232 g/mol. The molecule has 4 nitrogen and oxygen atoms in total. The van der Waals surface area contributed by atoms with Gasteiger partial charge in [0.15, 0.2) is 0 Å². The van der Waals surface area contributed by atoms with Crippen LogP contribution in [0.4, 0.5) is 14.5 Å². The number of hydrogen-bond donors (Lipinski definition) is 1. The zero-order chi connectivity index (χ0) is 10.9. The number of ether oxygens (including phenoxy) is 1. The fraction of sp³-hybridized carbons (Fsp3) is 0.125. The van der Waals surface area contributed by atoms with Crippen molar-refractivity contribution in [1.82, 2.24) is 0 Å². The summed E-state index contributed by atoms with van der Waals surface area (Å²) in [6, 6.07) is 4.41. The molecule has 2 rings (SSSR count). The topological polar surface area (TPSA) is 42.9 Å². The average Bonchev–Trinajstić information content (AvgIpc) is 2.15. The van der Waals surface area contributed by atoms with Crippen molar-refractivity contribution in [3.05, 3.63) is 23.8 Å². The number of hydrogen-bond acceptors (Lipinski definition) is 4. The van der Waals surface area contributed by atoms with E-state index in [2.05, 4.69) is 20.3 Å². The molecule has 0 aliphatic carbocycles. The van der Waals surface area contributed by atoms with Crippen molar-refractivity contribution in [2.45, 2.75) is 5.85 Å². The first kappa shape index (κ1) is 10.1. The lowest BCUT2D eigenvalue weighted by Gasteiger charge is -2.15. The Bertz CT molecular complexity index is 406. The second-order valence-electron chi connectivity index (χ2n) is 2.84. The Kier molecular flexibility index (Phi) is 2.44. The number of anilines is 1. The van der Waals surface area contributed by atoms with Crippen molar-refractivity contribution in [3.8, 4) is 5.75 Å². The van der Waals surface area contributed by atoms with Crippen LogP contribution in [0.15, 0.2) is 23.4 Å². The Balaban J connectivity index is 2.26. The van der Waals surface area contributed by atoms with E-state index in [0.29, 0.717) is 11.3 Å². The molecule has 0 radical (unpaired) electrons. The van der Waals surface area contributed by atoms with Gasteiger partial charge in [0.2, 0.25) is 0 Å². The van der Waals surface area contributed by atoms with Gasteiger partial charge in [0.1, 0.15) is 5.75 Å². The van der Waals surface area contributed by atoms with Gasteiger partial charge in [0.25, 0.3) is 0 Å². The number of fused-ring (bicyclic) bond motifs is 1. The van der Waals surface area contributed by atoms with Crippen LogP contribution < -0.4 is 10.2 Å². The van der Waals surface area contributed by atoms with Gasteiger partial charge in [0, 0.05) is 5.56 Å². The van der Waals surface area contributed by atoms with Crippen LogP contribution in [0.25, 0.3) is 0 Å². The molecule has 0 amide bonds. The van der Waals surface area contributed by atoms with Crippen molar-refractivity contribution in [3.63, 3.8) is 0 Å². The lowest BCUT2D eigenvalue weighted by Crippen LogP contribution is -2.15. The van der Waals surface area contributed by atoms with Gasteiger partial charge in [-0.15, -0.1) is 0 Å². The van der Waals surface area contributed by atoms with E-state index in [-0.39, 0.29) is 5.75 Å². The summed E-state index contributed by atoms with van der Waals surface area (Å²) in [4.78, 5) is 4.56. The number of benzene rings is 1. The van der Waals surface area contributed by atoms with E-state index in [0.717, 1.165) is 0 Å². The van der Waals surface area contributed by atoms with Crippen LogP contribution in [0.2, 0.25) is 0 Å². The molecule has 0 saturated heterocycles. The van der Waals surface area contributed by atoms with Crippen molar-refractivity contribution in [2.24, 2.45) is 5.16 Å². The molecule has 1 aromatic rings. The molecule has 0 spiro atoms. The summed E-state index contributed by atoms with van der Waals surface area (Å²) in [5, 5.41) is 3.47. The highest BCUT2D eigenvalue weighted by Gasteiger charge is 2.23. The Labute approximate surface area is 86.4 Å². The summed E-state index contributed by atoms with van der Waals surface area (Å²) >= 11 is 0. The van der Waals surface area contributed by atoms with Gasteiger partial charge in [-0.1, -0.05) is 5.16 Å². The van der Waals surface area contributed by atoms with Crippen LogP contribution in [-0.2, 0) is 4.94 Å². The molecule has 1 aromatic carbocycles. The minimum Gasteiger partial charge on any atom is -0.430 e. The summed E-state index contributed by atoms with van der Waals surface area (Å²) in [5.74, 6) is -3.21. The van der Waals surface area contributed by atoms with E-state index >= 15 is 0 Å². The van der Waals surface area contributed by atoms with Crippen LogP contribution in [0.3, 0.4) is 0 Å². The largest absolute Gasteiger partial charge is 0.430 e. The van der Waals surface area contributed by atoms with Gasteiger partial charge in [-0.05, 0) is 27.4 Å². The van der Waals surface area contributed by atoms with Gasteiger partial charge in [-0.3, -0.25) is 4.94 Å². The normalized spacial score (nSPS) is 13.8. The van der Waals surface area contributed by atoms with E-state index in [1.54, 1.807) is 6.07 Å². The highest BCUT2D eigenvalue weighted by Crippen LogP contribution is 2.29. The SMILES string of the molecule is FC(F)(P)Oc1ccc2c(c1)C=NON2. The maximum Gasteiger partial charge on any atom is 0.408 e. The molecule has 0 fully saturated rings. The lowest BCUT2D eigenvalue weighted by atomic mass is 10.2. The Morgan fingerprint density at radius 3 is 3.00 bits per heavy atom. The zero-order valence-electron chi connectivity index (χ0n) is 7.41. The van der Waals surface area contributed by atoms with Crippen molar-refractivity contribution in [1.29, 1.82) is 0 Å². The number of oxime groups is 1. The summed E-state index contributed by atoms with van der Waals surface area (Å²) in [6.45, 7) is 0. The molecule has 15 heavy (non-hydrogen) atoms. The summed E-state index contributed by atoms with van der Waals surface area (Å²) in [7, 11) is 1.30. The zero-order valence-corrected chi connectivity index (χ0v) is 8.56. The third kappa shape index (κ3) is 2.53. The first-order valence-corrected chi connectivity index (χ1v) is 4.57. The smallest absolute Gasteiger partial charge is 0.408 e. The molecule has 1 aliphatic heterocycles. The second-order valence-corrected chi connectivity index (χ2v) is 3.51. The standard InChI is InChI=1S/C8H7F2N2O2P/c9-8(10,15)13-6-1-2-7-5(3-6)4-11-14-12-7/h1-4,12H,15H2. The van der Waals surface area contributed by atoms with E-state index in [4.69, 9.17) is 0 Å². The van der Waals surface area contributed by atoms with E-state index in [1.165, 1.54) is 27.6 Å². The predicted octanol–water partition coefficient (Wildman–Crippen LogP) is 2.18. The number of halogens is 2. The molecule has 0 bridgehead atoms. The first-order chi connectivity index (χ1) is 7.04. The van der Waals surface area contributed by atoms with E-state index < -0.39 is 5.85 Å². The maximum atomic E-state index is 12.5. The van der Waals surface area contributed by atoms with Gasteiger partial charge < -0.3 is 4.74 Å². The van der Waals surface area contributed by atoms with Crippen molar-refractivity contribution < 1.29 is 18.5 Å².